The maximum absolute atomic E-state index is 13.0. The summed E-state index contributed by atoms with van der Waals surface area (Å²) in [6, 6.07) is 19.6. The molecule has 0 atom stereocenters. The zero-order valence-corrected chi connectivity index (χ0v) is 14.7. The Kier molecular flexibility index (Phi) is 4.72. The highest BCUT2D eigenvalue weighted by atomic mass is 19.1. The summed E-state index contributed by atoms with van der Waals surface area (Å²) in [5, 5.41) is 0. The molecule has 0 N–H and O–H groups in total. The molecule has 0 radical (unpaired) electrons. The normalized spacial score (nSPS) is 13.9. The van der Waals surface area contributed by atoms with Crippen molar-refractivity contribution in [2.45, 2.75) is 6.42 Å². The van der Waals surface area contributed by atoms with Gasteiger partial charge in [0.1, 0.15) is 17.3 Å². The Labute approximate surface area is 160 Å². The van der Waals surface area contributed by atoms with E-state index in [0.717, 1.165) is 5.56 Å². The first-order valence-electron chi connectivity index (χ1n) is 8.67. The van der Waals surface area contributed by atoms with E-state index >= 15 is 0 Å². The maximum atomic E-state index is 13.0. The summed E-state index contributed by atoms with van der Waals surface area (Å²) in [6.45, 7) is 0. The van der Waals surface area contributed by atoms with E-state index in [-0.39, 0.29) is 23.8 Å². The number of hydrogen-bond acceptors (Lipinski definition) is 4. The monoisotopic (exact) mass is 374 g/mol. The van der Waals surface area contributed by atoms with Crippen LogP contribution in [0.1, 0.15) is 21.5 Å². The molecule has 0 spiro atoms. The summed E-state index contributed by atoms with van der Waals surface area (Å²) in [4.78, 5) is 24.6. The molecule has 1 aliphatic rings. The molecule has 1 aliphatic heterocycles. The molecule has 4 nitrogen and oxygen atoms in total. The lowest BCUT2D eigenvalue weighted by atomic mass is 10.1. The number of ether oxygens (including phenoxy) is 2. The minimum absolute atomic E-state index is 0.134. The minimum atomic E-state index is -0.405. The molecule has 0 aliphatic carbocycles. The third-order valence-corrected chi connectivity index (χ3v) is 4.23. The maximum Gasteiger partial charge on any atom is 0.315 e. The van der Waals surface area contributed by atoms with Gasteiger partial charge in [0, 0.05) is 6.07 Å². The second-order valence-corrected chi connectivity index (χ2v) is 6.29. The third-order valence-electron chi connectivity index (χ3n) is 4.23. The van der Waals surface area contributed by atoms with Gasteiger partial charge in [0.05, 0.1) is 12.0 Å². The summed E-state index contributed by atoms with van der Waals surface area (Å²) in [5.74, 6) is -0.279. The smallest absolute Gasteiger partial charge is 0.315 e. The molecule has 28 heavy (non-hydrogen) atoms. The van der Waals surface area contributed by atoms with Gasteiger partial charge in [0.2, 0.25) is 5.78 Å². The Morgan fingerprint density at radius 3 is 2.50 bits per heavy atom. The quantitative estimate of drug-likeness (QED) is 0.381. The van der Waals surface area contributed by atoms with Gasteiger partial charge in [0.15, 0.2) is 5.76 Å². The topological polar surface area (TPSA) is 52.6 Å². The van der Waals surface area contributed by atoms with E-state index in [0.29, 0.717) is 22.6 Å². The van der Waals surface area contributed by atoms with E-state index in [1.807, 2.05) is 30.3 Å². The molecule has 4 rings (SSSR count). The molecule has 1 heterocycles. The van der Waals surface area contributed by atoms with Crippen LogP contribution in [-0.2, 0) is 11.2 Å². The van der Waals surface area contributed by atoms with Crippen LogP contribution in [0.15, 0.2) is 78.6 Å². The summed E-state index contributed by atoms with van der Waals surface area (Å²) in [7, 11) is 0. The molecule has 0 bridgehead atoms. The van der Waals surface area contributed by atoms with Crippen LogP contribution in [-0.4, -0.2) is 11.8 Å². The zero-order chi connectivity index (χ0) is 19.5. The van der Waals surface area contributed by atoms with Crippen LogP contribution in [0.4, 0.5) is 4.39 Å². The number of hydrogen-bond donors (Lipinski definition) is 0. The van der Waals surface area contributed by atoms with Crippen LogP contribution in [0.3, 0.4) is 0 Å². The molecule has 3 aromatic rings. The number of benzene rings is 3. The number of allylic oxidation sites excluding steroid dienone is 1. The van der Waals surface area contributed by atoms with Gasteiger partial charge in [-0.2, -0.15) is 0 Å². The van der Waals surface area contributed by atoms with E-state index in [4.69, 9.17) is 9.47 Å². The van der Waals surface area contributed by atoms with Crippen molar-refractivity contribution < 1.29 is 23.5 Å². The van der Waals surface area contributed by atoms with Gasteiger partial charge in [-0.15, -0.1) is 0 Å². The fourth-order valence-corrected chi connectivity index (χ4v) is 2.87. The molecule has 0 saturated carbocycles. The minimum Gasteiger partial charge on any atom is -0.452 e. The van der Waals surface area contributed by atoms with Crippen molar-refractivity contribution in [3.8, 4) is 11.5 Å². The molecule has 0 aromatic heterocycles. The Hall–Kier alpha value is -3.73. The third kappa shape index (κ3) is 3.83. The lowest BCUT2D eigenvalue weighted by Crippen LogP contribution is -2.11. The average molecular weight is 374 g/mol. The van der Waals surface area contributed by atoms with E-state index in [2.05, 4.69) is 0 Å². The Bertz CT molecular complexity index is 1070. The van der Waals surface area contributed by atoms with Gasteiger partial charge in [-0.05, 0) is 41.5 Å². The first kappa shape index (κ1) is 17.7. The number of esters is 1. The van der Waals surface area contributed by atoms with Gasteiger partial charge < -0.3 is 9.47 Å². The Morgan fingerprint density at radius 2 is 1.75 bits per heavy atom. The van der Waals surface area contributed by atoms with Crippen LogP contribution in [0, 0.1) is 5.82 Å². The molecule has 3 aromatic carbocycles. The number of fused-ring (bicyclic) bond motifs is 1. The molecule has 138 valence electrons. The zero-order valence-electron chi connectivity index (χ0n) is 14.7. The molecule has 0 saturated heterocycles. The highest BCUT2D eigenvalue weighted by molar-refractivity contribution is 6.14. The largest absolute Gasteiger partial charge is 0.452 e. The van der Waals surface area contributed by atoms with Crippen molar-refractivity contribution in [2.24, 2.45) is 0 Å². The summed E-state index contributed by atoms with van der Waals surface area (Å²) in [6.07, 6.45) is 1.69. The molecular weight excluding hydrogens is 359 g/mol. The molecule has 0 fully saturated rings. The molecular formula is C23H15FO4. The number of rotatable bonds is 4. The number of ketones is 1. The number of Topliss-reactive ketones (excluding diaryl/α,β-unsaturated/α-hetero) is 1. The number of halogens is 1. The SMILES string of the molecule is O=C(Cc1ccccc1)Oc1ccc2c(c1)O/C(=C\c1ccc(F)cc1)C2=O. The van der Waals surface area contributed by atoms with E-state index in [1.165, 1.54) is 18.2 Å². The van der Waals surface area contributed by atoms with E-state index < -0.39 is 5.97 Å². The van der Waals surface area contributed by atoms with Crippen LogP contribution < -0.4 is 9.47 Å². The highest BCUT2D eigenvalue weighted by Crippen LogP contribution is 2.35. The lowest BCUT2D eigenvalue weighted by molar-refractivity contribution is -0.133. The molecule has 0 unspecified atom stereocenters. The van der Waals surface area contributed by atoms with Crippen molar-refractivity contribution in [1.82, 2.24) is 0 Å². The van der Waals surface area contributed by atoms with Gasteiger partial charge >= 0.3 is 5.97 Å². The summed E-state index contributed by atoms with van der Waals surface area (Å²) < 4.78 is 24.0. The predicted octanol–water partition coefficient (Wildman–Crippen LogP) is 4.59. The fourth-order valence-electron chi connectivity index (χ4n) is 2.87. The van der Waals surface area contributed by atoms with Crippen LogP contribution >= 0.6 is 0 Å². The second-order valence-electron chi connectivity index (χ2n) is 6.29. The van der Waals surface area contributed by atoms with Crippen LogP contribution in [0.2, 0.25) is 0 Å². The van der Waals surface area contributed by atoms with Crippen molar-refractivity contribution in [3.63, 3.8) is 0 Å². The van der Waals surface area contributed by atoms with E-state index in [9.17, 15) is 14.0 Å². The average Bonchev–Trinajstić information content (AvgIpc) is 2.99. The van der Waals surface area contributed by atoms with Gasteiger partial charge in [-0.25, -0.2) is 4.39 Å². The standard InChI is InChI=1S/C23H15FO4/c24-17-8-6-16(7-9-17)12-21-23(26)19-11-10-18(14-20(19)28-21)27-22(25)13-15-4-2-1-3-5-15/h1-12,14H,13H2/b21-12-. The molecule has 5 heteroatoms. The van der Waals surface area contributed by atoms with Gasteiger partial charge in [0.25, 0.3) is 0 Å². The van der Waals surface area contributed by atoms with E-state index in [1.54, 1.807) is 30.3 Å². The van der Waals surface area contributed by atoms with Crippen molar-refractivity contribution >= 4 is 17.8 Å². The summed E-state index contributed by atoms with van der Waals surface area (Å²) in [5.41, 5.74) is 1.88. The molecule has 0 amide bonds. The van der Waals surface area contributed by atoms with Gasteiger partial charge in [-0.3, -0.25) is 9.59 Å². The Balaban J connectivity index is 1.49. The summed E-state index contributed by atoms with van der Waals surface area (Å²) >= 11 is 0. The highest BCUT2D eigenvalue weighted by Gasteiger charge is 2.28. The number of carbonyl (C=O) groups excluding carboxylic acids is 2. The first-order valence-corrected chi connectivity index (χ1v) is 8.67. The Morgan fingerprint density at radius 1 is 1.00 bits per heavy atom. The number of carbonyl (C=O) groups is 2. The first-order chi connectivity index (χ1) is 13.6. The van der Waals surface area contributed by atoms with Crippen LogP contribution in [0.5, 0.6) is 11.5 Å². The van der Waals surface area contributed by atoms with Crippen LogP contribution in [0.25, 0.3) is 6.08 Å². The predicted molar refractivity (Wildman–Crippen MR) is 102 cm³/mol. The van der Waals surface area contributed by atoms with Crippen molar-refractivity contribution in [3.05, 3.63) is 101 Å². The van der Waals surface area contributed by atoms with Gasteiger partial charge in [-0.1, -0.05) is 42.5 Å². The van der Waals surface area contributed by atoms with Crippen molar-refractivity contribution in [1.29, 1.82) is 0 Å². The second kappa shape index (κ2) is 7.48. The van der Waals surface area contributed by atoms with Crippen molar-refractivity contribution in [2.75, 3.05) is 0 Å². The fraction of sp³-hybridized carbons (Fsp3) is 0.0435. The lowest BCUT2D eigenvalue weighted by Gasteiger charge is -2.05.